The zero-order chi connectivity index (χ0) is 20.6. The third kappa shape index (κ3) is 5.65. The second-order valence-electron chi connectivity index (χ2n) is 7.12. The van der Waals surface area contributed by atoms with Crippen LogP contribution < -0.4 is 10.6 Å². The summed E-state index contributed by atoms with van der Waals surface area (Å²) in [7, 11) is 1.84. The summed E-state index contributed by atoms with van der Waals surface area (Å²) < 4.78 is 0. The molecule has 2 amide bonds. The Morgan fingerprint density at radius 3 is 2.31 bits per heavy atom. The normalized spacial score (nSPS) is 10.9. The molecule has 0 aliphatic carbocycles. The maximum atomic E-state index is 12.4. The Kier molecular flexibility index (Phi) is 6.98. The molecule has 0 aromatic heterocycles. The lowest BCUT2D eigenvalue weighted by Crippen LogP contribution is -2.32. The van der Waals surface area contributed by atoms with E-state index in [1.807, 2.05) is 78.7 Å². The van der Waals surface area contributed by atoms with Crippen LogP contribution >= 0.6 is 0 Å². The van der Waals surface area contributed by atoms with Crippen LogP contribution in [0.15, 0.2) is 66.7 Å². The summed E-state index contributed by atoms with van der Waals surface area (Å²) >= 11 is 0. The Morgan fingerprint density at radius 1 is 0.828 bits per heavy atom. The Hall–Kier alpha value is -3.18. The van der Waals surface area contributed by atoms with Gasteiger partial charge in [-0.25, -0.2) is 0 Å². The van der Waals surface area contributed by atoms with Crippen molar-refractivity contribution in [3.63, 3.8) is 0 Å². The Morgan fingerprint density at radius 2 is 1.48 bits per heavy atom. The number of para-hydroxylation sites is 1. The lowest BCUT2D eigenvalue weighted by Gasteiger charge is -2.17. The first-order valence-electron chi connectivity index (χ1n) is 9.90. The van der Waals surface area contributed by atoms with Gasteiger partial charge in [0.25, 0.3) is 0 Å². The molecule has 5 nitrogen and oxygen atoms in total. The van der Waals surface area contributed by atoms with Crippen molar-refractivity contribution in [1.82, 2.24) is 4.90 Å². The molecule has 2 N–H and O–H groups in total. The van der Waals surface area contributed by atoms with Gasteiger partial charge in [0, 0.05) is 29.7 Å². The number of likely N-dealkylation sites (N-methyl/N-ethyl adjacent to an activating group) is 1. The molecule has 0 spiro atoms. The molecule has 3 aromatic rings. The summed E-state index contributed by atoms with van der Waals surface area (Å²) in [6, 6.07) is 21.6. The second kappa shape index (κ2) is 9.85. The minimum absolute atomic E-state index is 0.0649. The zero-order valence-electron chi connectivity index (χ0n) is 16.9. The highest BCUT2D eigenvalue weighted by Gasteiger charge is 2.11. The largest absolute Gasteiger partial charge is 0.325 e. The monoisotopic (exact) mass is 389 g/mol. The third-order valence-corrected chi connectivity index (χ3v) is 4.87. The molecule has 0 aliphatic heterocycles. The maximum Gasteiger partial charge on any atom is 0.238 e. The van der Waals surface area contributed by atoms with Crippen LogP contribution in [-0.2, 0) is 16.0 Å². The number of benzene rings is 3. The molecule has 0 saturated carbocycles. The van der Waals surface area contributed by atoms with E-state index in [1.165, 1.54) is 0 Å². The smallest absolute Gasteiger partial charge is 0.238 e. The molecule has 29 heavy (non-hydrogen) atoms. The highest BCUT2D eigenvalue weighted by atomic mass is 16.2. The summed E-state index contributed by atoms with van der Waals surface area (Å²) in [5, 5.41) is 8.05. The third-order valence-electron chi connectivity index (χ3n) is 4.87. The van der Waals surface area contributed by atoms with Gasteiger partial charge >= 0.3 is 0 Å². The first kappa shape index (κ1) is 20.6. The van der Waals surface area contributed by atoms with Crippen molar-refractivity contribution in [3.8, 4) is 0 Å². The molecular weight excluding hydrogens is 362 g/mol. The number of anilines is 2. The van der Waals surface area contributed by atoms with Crippen LogP contribution in [-0.4, -0.2) is 36.9 Å². The van der Waals surface area contributed by atoms with Gasteiger partial charge in [0.2, 0.25) is 11.8 Å². The van der Waals surface area contributed by atoms with Crippen LogP contribution in [0.3, 0.4) is 0 Å². The number of nitrogens with zero attached hydrogens (tertiary/aromatic N) is 1. The van der Waals surface area contributed by atoms with E-state index in [0.717, 1.165) is 34.1 Å². The molecular formula is C24H27N3O2. The van der Waals surface area contributed by atoms with Gasteiger partial charge in [-0.1, -0.05) is 61.5 Å². The van der Waals surface area contributed by atoms with Crippen molar-refractivity contribution < 1.29 is 9.59 Å². The fraction of sp³-hybridized carbons (Fsp3) is 0.250. The van der Waals surface area contributed by atoms with Crippen LogP contribution in [0.2, 0.25) is 0 Å². The van der Waals surface area contributed by atoms with E-state index in [4.69, 9.17) is 0 Å². The van der Waals surface area contributed by atoms with Crippen molar-refractivity contribution in [1.29, 1.82) is 0 Å². The molecule has 0 atom stereocenters. The van der Waals surface area contributed by atoms with Crippen molar-refractivity contribution in [2.24, 2.45) is 0 Å². The van der Waals surface area contributed by atoms with E-state index < -0.39 is 0 Å². The van der Waals surface area contributed by atoms with Crippen LogP contribution in [0, 0.1) is 0 Å². The molecule has 0 fully saturated rings. The van der Waals surface area contributed by atoms with Gasteiger partial charge in [0.15, 0.2) is 0 Å². The highest BCUT2D eigenvalue weighted by molar-refractivity contribution is 6.02. The maximum absolute atomic E-state index is 12.4. The number of fused-ring (bicyclic) bond motifs is 1. The molecule has 5 heteroatoms. The van der Waals surface area contributed by atoms with Crippen molar-refractivity contribution in [2.45, 2.75) is 19.8 Å². The number of carbonyl (C=O) groups excluding carboxylic acids is 2. The predicted octanol–water partition coefficient (Wildman–Crippen LogP) is 4.30. The lowest BCUT2D eigenvalue weighted by atomic mass is 10.1. The SMILES string of the molecule is CCc1ccccc1NC(=O)CN(C)CCC(=O)Nc1cccc2ccccc12. The standard InChI is InChI=1S/C24H27N3O2/c1-3-18-9-5-7-13-21(18)25-24(29)17-27(2)16-15-23(28)26-22-14-8-11-19-10-4-6-12-20(19)22/h4-14H,3,15-17H2,1-2H3,(H,25,29)(H,26,28). The molecule has 0 heterocycles. The first-order chi connectivity index (χ1) is 14.1. The summed E-state index contributed by atoms with van der Waals surface area (Å²) in [6.07, 6.45) is 1.18. The Labute approximate surface area is 171 Å². The quantitative estimate of drug-likeness (QED) is 0.604. The second-order valence-corrected chi connectivity index (χ2v) is 7.12. The van der Waals surface area contributed by atoms with Crippen molar-refractivity contribution in [2.75, 3.05) is 30.8 Å². The number of hydrogen-bond donors (Lipinski definition) is 2. The van der Waals surface area contributed by atoms with Gasteiger partial charge in [-0.05, 0) is 36.6 Å². The van der Waals surface area contributed by atoms with E-state index >= 15 is 0 Å². The van der Waals surface area contributed by atoms with Gasteiger partial charge < -0.3 is 10.6 Å². The average Bonchev–Trinajstić information content (AvgIpc) is 2.73. The highest BCUT2D eigenvalue weighted by Crippen LogP contribution is 2.23. The lowest BCUT2D eigenvalue weighted by molar-refractivity contribution is -0.119. The minimum Gasteiger partial charge on any atom is -0.325 e. The molecule has 150 valence electrons. The fourth-order valence-electron chi connectivity index (χ4n) is 3.30. The van der Waals surface area contributed by atoms with Gasteiger partial charge in [0.05, 0.1) is 6.54 Å². The molecule has 3 rings (SSSR count). The summed E-state index contributed by atoms with van der Waals surface area (Å²) in [5.41, 5.74) is 2.77. The molecule has 0 bridgehead atoms. The molecule has 3 aromatic carbocycles. The number of hydrogen-bond acceptors (Lipinski definition) is 3. The van der Waals surface area contributed by atoms with Gasteiger partial charge in [-0.3, -0.25) is 14.5 Å². The number of amides is 2. The molecule has 0 unspecified atom stereocenters. The number of nitrogens with one attached hydrogen (secondary N) is 2. The summed E-state index contributed by atoms with van der Waals surface area (Å²) in [5.74, 6) is -0.146. The molecule has 0 radical (unpaired) electrons. The number of rotatable bonds is 8. The minimum atomic E-state index is -0.0807. The van der Waals surface area contributed by atoms with E-state index in [2.05, 4.69) is 17.6 Å². The van der Waals surface area contributed by atoms with Crippen LogP contribution in [0.1, 0.15) is 18.9 Å². The number of aryl methyl sites for hydroxylation is 1. The average molecular weight is 389 g/mol. The Bertz CT molecular complexity index is 995. The molecule has 0 aliphatic rings. The van der Waals surface area contributed by atoms with Crippen LogP contribution in [0.5, 0.6) is 0 Å². The number of carbonyl (C=O) groups is 2. The summed E-state index contributed by atoms with van der Waals surface area (Å²) in [6.45, 7) is 2.80. The van der Waals surface area contributed by atoms with Crippen molar-refractivity contribution in [3.05, 3.63) is 72.3 Å². The van der Waals surface area contributed by atoms with Gasteiger partial charge in [-0.2, -0.15) is 0 Å². The van der Waals surface area contributed by atoms with E-state index in [-0.39, 0.29) is 18.4 Å². The summed E-state index contributed by atoms with van der Waals surface area (Å²) in [4.78, 5) is 26.6. The van der Waals surface area contributed by atoms with Gasteiger partial charge in [0.1, 0.15) is 0 Å². The van der Waals surface area contributed by atoms with E-state index in [1.54, 1.807) is 0 Å². The van der Waals surface area contributed by atoms with Crippen LogP contribution in [0.25, 0.3) is 10.8 Å². The fourth-order valence-corrected chi connectivity index (χ4v) is 3.30. The first-order valence-corrected chi connectivity index (χ1v) is 9.90. The van der Waals surface area contributed by atoms with E-state index in [9.17, 15) is 9.59 Å². The van der Waals surface area contributed by atoms with Crippen molar-refractivity contribution >= 4 is 34.0 Å². The Balaban J connectivity index is 1.49. The van der Waals surface area contributed by atoms with Gasteiger partial charge in [-0.15, -0.1) is 0 Å². The van der Waals surface area contributed by atoms with E-state index in [0.29, 0.717) is 13.0 Å². The molecule has 0 saturated heterocycles. The topological polar surface area (TPSA) is 61.4 Å². The zero-order valence-corrected chi connectivity index (χ0v) is 16.9. The van der Waals surface area contributed by atoms with Crippen LogP contribution in [0.4, 0.5) is 11.4 Å². The predicted molar refractivity (Wildman–Crippen MR) is 119 cm³/mol.